The molecule has 0 aromatic heterocycles. The van der Waals surface area contributed by atoms with Gasteiger partial charge in [0, 0.05) is 6.42 Å². The Bertz CT molecular complexity index is 1780. The smallest absolute Gasteiger partial charge is 0.220 e. The Kier molecular flexibility index (Phi) is 51.5. The van der Waals surface area contributed by atoms with E-state index >= 15 is 0 Å². The number of unbranched alkanes of at least 4 members (excludes halogenated alkanes) is 42. The molecule has 93 heavy (non-hydrogen) atoms. The van der Waals surface area contributed by atoms with E-state index in [-0.39, 0.29) is 18.9 Å². The predicted molar refractivity (Wildman–Crippen MR) is 365 cm³/mol. The SMILES string of the molecule is CCCCCCCCCC/C=C\CCCCCCCCCCCCCCCCCCCCCC(=O)NC(COC1OC(CO)C(OC2OC(CO)C(OC3OC(CO)C(O)C(O)C3O)C(O)C2O)C(O)C1O)C(O)/C=C/CCCCCCCCCCCCCCCCC. The lowest BCUT2D eigenvalue weighted by Gasteiger charge is -2.48. The van der Waals surface area contributed by atoms with E-state index in [9.17, 15) is 61.0 Å². The second-order valence-electron chi connectivity index (χ2n) is 27.5. The Morgan fingerprint density at radius 1 is 0.376 bits per heavy atom. The Hall–Kier alpha value is -1.73. The molecule has 3 aliphatic heterocycles. The number of rotatable bonds is 60. The van der Waals surface area contributed by atoms with E-state index in [4.69, 9.17) is 28.4 Å². The van der Waals surface area contributed by atoms with Crippen molar-refractivity contribution in [1.29, 1.82) is 0 Å². The van der Waals surface area contributed by atoms with Crippen LogP contribution in [0.4, 0.5) is 0 Å². The highest BCUT2D eigenvalue weighted by molar-refractivity contribution is 5.76. The van der Waals surface area contributed by atoms with Crippen LogP contribution in [0.2, 0.25) is 0 Å². The van der Waals surface area contributed by atoms with Gasteiger partial charge in [0.25, 0.3) is 0 Å². The first kappa shape index (κ1) is 85.5. The predicted octanol–water partition coefficient (Wildman–Crippen LogP) is 11.4. The third kappa shape index (κ3) is 37.3. The zero-order valence-electron chi connectivity index (χ0n) is 58.3. The average Bonchev–Trinajstić information content (AvgIpc) is 0.900. The van der Waals surface area contributed by atoms with Crippen molar-refractivity contribution in [2.24, 2.45) is 0 Å². The lowest BCUT2D eigenvalue weighted by atomic mass is 9.96. The number of allylic oxidation sites excluding steroid dienone is 3. The van der Waals surface area contributed by atoms with Crippen LogP contribution in [0.25, 0.3) is 0 Å². The van der Waals surface area contributed by atoms with E-state index in [0.29, 0.717) is 6.42 Å². The van der Waals surface area contributed by atoms with Crippen molar-refractivity contribution in [2.45, 2.75) is 413 Å². The lowest BCUT2D eigenvalue weighted by Crippen LogP contribution is -2.66. The molecule has 3 fully saturated rings. The van der Waals surface area contributed by atoms with Crippen molar-refractivity contribution in [3.05, 3.63) is 24.3 Å². The quantitative estimate of drug-likeness (QED) is 0.0199. The number of carbonyl (C=O) groups is 1. The van der Waals surface area contributed by atoms with Gasteiger partial charge in [0.1, 0.15) is 73.2 Å². The summed E-state index contributed by atoms with van der Waals surface area (Å²) in [6.45, 7) is 1.77. The fourth-order valence-electron chi connectivity index (χ4n) is 13.1. The number of hydrogen-bond acceptors (Lipinski definition) is 18. The molecule has 548 valence electrons. The fraction of sp³-hybridized carbons (Fsp3) is 0.932. The molecule has 3 heterocycles. The van der Waals surface area contributed by atoms with Crippen molar-refractivity contribution >= 4 is 5.91 Å². The summed E-state index contributed by atoms with van der Waals surface area (Å²) >= 11 is 0. The molecule has 3 aliphatic rings. The third-order valence-electron chi connectivity index (χ3n) is 19.2. The van der Waals surface area contributed by atoms with Crippen LogP contribution in [-0.2, 0) is 33.2 Å². The first-order valence-corrected chi connectivity index (χ1v) is 38.1. The van der Waals surface area contributed by atoms with Crippen molar-refractivity contribution in [1.82, 2.24) is 5.32 Å². The standard InChI is InChI=1S/C74H139NO18/c1-3-5-7-9-11-13-15-17-19-21-22-23-24-25-26-27-28-29-30-31-32-33-34-36-38-40-42-44-46-48-50-52-62(80)75-57(58(79)51-49-47-45-43-41-39-37-35-20-18-16-14-12-10-8-6-4-2)56-88-72-68(86)65(83)70(60(54-77)90-72)93-74-69(87)66(84)71(61(55-78)91-74)92-73-67(85)64(82)63(81)59(53-76)89-73/h21-22,49,51,57-61,63-74,76-79,81-87H,3-20,23-48,50,52-56H2,1-2H3,(H,75,80)/b22-21-,51-49+. The van der Waals surface area contributed by atoms with Crippen LogP contribution in [0, 0.1) is 0 Å². The van der Waals surface area contributed by atoms with E-state index in [1.54, 1.807) is 6.08 Å². The third-order valence-corrected chi connectivity index (χ3v) is 19.2. The normalized spacial score (nSPS) is 27.6. The minimum atomic E-state index is -1.98. The zero-order chi connectivity index (χ0) is 67.5. The number of aliphatic hydroxyl groups is 11. The summed E-state index contributed by atoms with van der Waals surface area (Å²) in [5.41, 5.74) is 0. The highest BCUT2D eigenvalue weighted by atomic mass is 16.8. The Labute approximate surface area is 562 Å². The number of hydrogen-bond donors (Lipinski definition) is 12. The molecule has 19 heteroatoms. The average molecular weight is 1330 g/mol. The minimum absolute atomic E-state index is 0.248. The number of ether oxygens (including phenoxy) is 6. The Morgan fingerprint density at radius 2 is 0.677 bits per heavy atom. The van der Waals surface area contributed by atoms with Crippen molar-refractivity contribution in [2.75, 3.05) is 26.4 Å². The van der Waals surface area contributed by atoms with Gasteiger partial charge < -0.3 is 89.9 Å². The summed E-state index contributed by atoms with van der Waals surface area (Å²) in [7, 11) is 0. The molecule has 0 saturated carbocycles. The minimum Gasteiger partial charge on any atom is -0.394 e. The van der Waals surface area contributed by atoms with Gasteiger partial charge in [-0.2, -0.15) is 0 Å². The molecule has 3 saturated heterocycles. The van der Waals surface area contributed by atoms with Gasteiger partial charge in [-0.3, -0.25) is 4.79 Å². The van der Waals surface area contributed by atoms with E-state index in [0.717, 1.165) is 44.9 Å². The summed E-state index contributed by atoms with van der Waals surface area (Å²) in [5, 5.41) is 121. The first-order valence-electron chi connectivity index (χ1n) is 38.1. The molecule has 19 nitrogen and oxygen atoms in total. The summed E-state index contributed by atoms with van der Waals surface area (Å²) < 4.78 is 34.4. The molecule has 0 radical (unpaired) electrons. The fourth-order valence-corrected chi connectivity index (χ4v) is 13.1. The number of carbonyl (C=O) groups excluding carboxylic acids is 1. The lowest BCUT2D eigenvalue weighted by molar-refractivity contribution is -0.379. The van der Waals surface area contributed by atoms with Crippen LogP contribution in [0.5, 0.6) is 0 Å². The number of amides is 1. The highest BCUT2D eigenvalue weighted by Gasteiger charge is 2.53. The first-order chi connectivity index (χ1) is 45.3. The van der Waals surface area contributed by atoms with Crippen LogP contribution in [0.1, 0.15) is 309 Å². The molecule has 3 rings (SSSR count). The topological polar surface area (TPSA) is 307 Å². The molecule has 1 amide bonds. The molecule has 0 aliphatic carbocycles. The van der Waals surface area contributed by atoms with E-state index in [2.05, 4.69) is 31.3 Å². The van der Waals surface area contributed by atoms with E-state index < -0.39 is 124 Å². The van der Waals surface area contributed by atoms with Crippen LogP contribution in [0.3, 0.4) is 0 Å². The molecule has 0 aromatic rings. The maximum atomic E-state index is 13.4. The van der Waals surface area contributed by atoms with Crippen molar-refractivity contribution in [3.63, 3.8) is 0 Å². The maximum absolute atomic E-state index is 13.4. The van der Waals surface area contributed by atoms with E-state index in [1.807, 2.05) is 6.08 Å². The number of nitrogens with one attached hydrogen (secondary N) is 1. The van der Waals surface area contributed by atoms with E-state index in [1.165, 1.54) is 238 Å². The summed E-state index contributed by atoms with van der Waals surface area (Å²) in [5.74, 6) is -0.269. The summed E-state index contributed by atoms with van der Waals surface area (Å²) in [4.78, 5) is 13.4. The molecule has 0 aromatic carbocycles. The zero-order valence-corrected chi connectivity index (χ0v) is 58.3. The summed E-state index contributed by atoms with van der Waals surface area (Å²) in [6, 6.07) is -0.970. The van der Waals surface area contributed by atoms with Crippen molar-refractivity contribution in [3.8, 4) is 0 Å². The number of aliphatic hydroxyl groups excluding tert-OH is 11. The van der Waals surface area contributed by atoms with Gasteiger partial charge in [0.05, 0.1) is 38.6 Å². The Balaban J connectivity index is 1.37. The molecule has 0 spiro atoms. The van der Waals surface area contributed by atoms with Crippen LogP contribution in [0.15, 0.2) is 24.3 Å². The van der Waals surface area contributed by atoms with Crippen molar-refractivity contribution < 1.29 is 89.4 Å². The van der Waals surface area contributed by atoms with Gasteiger partial charge in [-0.15, -0.1) is 0 Å². The van der Waals surface area contributed by atoms with Crippen LogP contribution in [-0.4, -0.2) is 193 Å². The molecule has 0 bridgehead atoms. The van der Waals surface area contributed by atoms with Crippen LogP contribution < -0.4 is 5.32 Å². The van der Waals surface area contributed by atoms with Gasteiger partial charge in [-0.1, -0.05) is 282 Å². The van der Waals surface area contributed by atoms with Gasteiger partial charge in [0.2, 0.25) is 5.91 Å². The van der Waals surface area contributed by atoms with Gasteiger partial charge in [-0.25, -0.2) is 0 Å². The second-order valence-corrected chi connectivity index (χ2v) is 27.5. The molecule has 12 N–H and O–H groups in total. The molecular formula is C74H139NO18. The highest BCUT2D eigenvalue weighted by Crippen LogP contribution is 2.33. The van der Waals surface area contributed by atoms with Gasteiger partial charge in [-0.05, 0) is 44.9 Å². The van der Waals surface area contributed by atoms with Gasteiger partial charge >= 0.3 is 0 Å². The second kappa shape index (κ2) is 56.1. The molecule has 17 atom stereocenters. The molecule has 17 unspecified atom stereocenters. The van der Waals surface area contributed by atoms with Gasteiger partial charge in [0.15, 0.2) is 18.9 Å². The van der Waals surface area contributed by atoms with Crippen LogP contribution >= 0.6 is 0 Å². The Morgan fingerprint density at radius 3 is 1.04 bits per heavy atom. The maximum Gasteiger partial charge on any atom is 0.220 e. The largest absolute Gasteiger partial charge is 0.394 e. The summed E-state index contributed by atoms with van der Waals surface area (Å²) in [6.07, 6.45) is 38.8. The molecular weight excluding hydrogens is 1190 g/mol. The monoisotopic (exact) mass is 1330 g/mol.